The maximum absolute atomic E-state index is 2.43. The molecule has 0 aromatic heterocycles. The van der Waals surface area contributed by atoms with Gasteiger partial charge < -0.3 is 0 Å². The first kappa shape index (κ1) is 17.5. The molecule has 0 bridgehead atoms. The summed E-state index contributed by atoms with van der Waals surface area (Å²) in [6.07, 6.45) is 11.5. The SMILES string of the molecule is C/C=C\C1C(C)/C(=C\C(I)=C/C)C(C)(C)C1/C=C/I. The van der Waals surface area contributed by atoms with Gasteiger partial charge in [-0.15, -0.1) is 0 Å². The Morgan fingerprint density at radius 3 is 2.32 bits per heavy atom. The second-order valence-corrected chi connectivity index (χ2v) is 7.70. The normalized spacial score (nSPS) is 33.9. The van der Waals surface area contributed by atoms with E-state index in [4.69, 9.17) is 0 Å². The minimum Gasteiger partial charge on any atom is -0.0913 e. The molecular formula is C17H24I2. The molecule has 1 aliphatic rings. The minimum absolute atomic E-state index is 0.227. The van der Waals surface area contributed by atoms with Crippen molar-refractivity contribution in [3.8, 4) is 0 Å². The van der Waals surface area contributed by atoms with E-state index >= 15 is 0 Å². The summed E-state index contributed by atoms with van der Waals surface area (Å²) in [7, 11) is 0. The van der Waals surface area contributed by atoms with E-state index in [1.54, 1.807) is 5.57 Å². The van der Waals surface area contributed by atoms with Crippen LogP contribution in [0.15, 0.2) is 43.6 Å². The molecule has 1 saturated carbocycles. The van der Waals surface area contributed by atoms with Crippen LogP contribution in [0.5, 0.6) is 0 Å². The summed E-state index contributed by atoms with van der Waals surface area (Å²) in [4.78, 5) is 0. The topological polar surface area (TPSA) is 0 Å². The van der Waals surface area contributed by atoms with Crippen LogP contribution in [-0.4, -0.2) is 0 Å². The Morgan fingerprint density at radius 2 is 1.84 bits per heavy atom. The molecule has 2 heteroatoms. The van der Waals surface area contributed by atoms with E-state index in [1.165, 1.54) is 3.58 Å². The average Bonchev–Trinajstić information content (AvgIpc) is 2.53. The molecule has 0 radical (unpaired) electrons. The molecule has 0 aromatic carbocycles. The summed E-state index contributed by atoms with van der Waals surface area (Å²) in [5.41, 5.74) is 1.81. The predicted molar refractivity (Wildman–Crippen MR) is 104 cm³/mol. The molecule has 0 nitrogen and oxygen atoms in total. The number of halogens is 2. The summed E-state index contributed by atoms with van der Waals surface area (Å²) in [6, 6.07) is 0. The molecule has 0 heterocycles. The maximum Gasteiger partial charge on any atom is 0.00870 e. The third-order valence-electron chi connectivity index (χ3n) is 4.32. The van der Waals surface area contributed by atoms with Gasteiger partial charge in [-0.25, -0.2) is 0 Å². The highest BCUT2D eigenvalue weighted by Crippen LogP contribution is 2.55. The zero-order chi connectivity index (χ0) is 14.6. The van der Waals surface area contributed by atoms with E-state index < -0.39 is 0 Å². The van der Waals surface area contributed by atoms with Crippen LogP contribution in [-0.2, 0) is 0 Å². The molecule has 1 rings (SSSR count). The van der Waals surface area contributed by atoms with Crippen LogP contribution in [0, 0.1) is 23.2 Å². The van der Waals surface area contributed by atoms with E-state index in [0.717, 1.165) is 0 Å². The fourth-order valence-electron chi connectivity index (χ4n) is 3.28. The van der Waals surface area contributed by atoms with Crippen molar-refractivity contribution in [1.29, 1.82) is 0 Å². The van der Waals surface area contributed by atoms with Crippen LogP contribution in [0.1, 0.15) is 34.6 Å². The Hall–Kier alpha value is 0.420. The van der Waals surface area contributed by atoms with E-state index in [1.807, 2.05) is 0 Å². The quantitative estimate of drug-likeness (QED) is 0.311. The number of rotatable bonds is 3. The van der Waals surface area contributed by atoms with Crippen molar-refractivity contribution in [3.05, 3.63) is 43.6 Å². The van der Waals surface area contributed by atoms with Gasteiger partial charge in [0.2, 0.25) is 0 Å². The standard InChI is InChI=1S/C17H24I2/c1-6-8-14-12(3)16(11-13(19)7-2)17(4,5)15(14)9-10-18/h6-12,14-15H,1-5H3/b8-6-,10-9+,13-7+,16-11+. The van der Waals surface area contributed by atoms with E-state index in [9.17, 15) is 0 Å². The highest BCUT2D eigenvalue weighted by Gasteiger charge is 2.47. The van der Waals surface area contributed by atoms with Crippen LogP contribution in [0.3, 0.4) is 0 Å². The lowest BCUT2D eigenvalue weighted by Crippen LogP contribution is -2.20. The molecule has 106 valence electrons. The Morgan fingerprint density at radius 1 is 1.21 bits per heavy atom. The van der Waals surface area contributed by atoms with Crippen molar-refractivity contribution in [2.75, 3.05) is 0 Å². The largest absolute Gasteiger partial charge is 0.0913 e. The molecule has 0 saturated heterocycles. The molecule has 0 amide bonds. The average molecular weight is 482 g/mol. The summed E-state index contributed by atoms with van der Waals surface area (Å²) in [6.45, 7) is 11.4. The molecule has 1 fully saturated rings. The Balaban J connectivity index is 3.32. The van der Waals surface area contributed by atoms with E-state index in [-0.39, 0.29) is 5.41 Å². The highest BCUT2D eigenvalue weighted by atomic mass is 127. The monoisotopic (exact) mass is 482 g/mol. The van der Waals surface area contributed by atoms with Crippen LogP contribution >= 0.6 is 45.2 Å². The Labute approximate surface area is 145 Å². The van der Waals surface area contributed by atoms with Crippen molar-refractivity contribution in [2.45, 2.75) is 34.6 Å². The number of hydrogen-bond donors (Lipinski definition) is 0. The first-order valence-corrected chi connectivity index (χ1v) is 9.16. The molecule has 3 atom stereocenters. The van der Waals surface area contributed by atoms with E-state index in [2.05, 4.69) is 114 Å². The lowest BCUT2D eigenvalue weighted by atomic mass is 9.76. The highest BCUT2D eigenvalue weighted by molar-refractivity contribution is 14.1. The third-order valence-corrected chi connectivity index (χ3v) is 5.67. The van der Waals surface area contributed by atoms with Crippen LogP contribution < -0.4 is 0 Å². The Bertz CT molecular complexity index is 425. The lowest BCUT2D eigenvalue weighted by Gasteiger charge is -2.28. The molecule has 0 N–H and O–H groups in total. The van der Waals surface area contributed by atoms with Crippen molar-refractivity contribution in [2.24, 2.45) is 23.2 Å². The molecule has 0 aromatic rings. The first-order chi connectivity index (χ1) is 8.89. The second kappa shape index (κ2) is 7.43. The van der Waals surface area contributed by atoms with Gasteiger partial charge in [0.05, 0.1) is 0 Å². The summed E-state index contributed by atoms with van der Waals surface area (Å²) < 4.78 is 3.52. The zero-order valence-corrected chi connectivity index (χ0v) is 16.8. The maximum atomic E-state index is 2.43. The van der Waals surface area contributed by atoms with Crippen molar-refractivity contribution >= 4 is 45.2 Å². The summed E-state index contributed by atoms with van der Waals surface area (Å²) in [5, 5.41) is 0. The minimum atomic E-state index is 0.227. The molecule has 19 heavy (non-hydrogen) atoms. The Kier molecular flexibility index (Phi) is 6.84. The van der Waals surface area contributed by atoms with Gasteiger partial charge in [-0.05, 0) is 69.8 Å². The van der Waals surface area contributed by atoms with Gasteiger partial charge in [-0.1, -0.05) is 73.2 Å². The molecule has 0 spiro atoms. The third kappa shape index (κ3) is 3.74. The molecule has 0 aliphatic heterocycles. The van der Waals surface area contributed by atoms with Crippen molar-refractivity contribution in [1.82, 2.24) is 0 Å². The summed E-state index contributed by atoms with van der Waals surface area (Å²) >= 11 is 4.77. The van der Waals surface area contributed by atoms with Gasteiger partial charge >= 0.3 is 0 Å². The number of allylic oxidation sites excluding steroid dienone is 7. The fraction of sp³-hybridized carbons (Fsp3) is 0.529. The molecule has 3 unspecified atom stereocenters. The van der Waals surface area contributed by atoms with Crippen LogP contribution in [0.2, 0.25) is 0 Å². The van der Waals surface area contributed by atoms with Gasteiger partial charge in [0, 0.05) is 3.58 Å². The number of hydrogen-bond acceptors (Lipinski definition) is 0. The van der Waals surface area contributed by atoms with Crippen LogP contribution in [0.4, 0.5) is 0 Å². The first-order valence-electron chi connectivity index (χ1n) is 6.83. The van der Waals surface area contributed by atoms with Gasteiger partial charge in [0.25, 0.3) is 0 Å². The predicted octanol–water partition coefficient (Wildman–Crippen LogP) is 6.68. The van der Waals surface area contributed by atoms with Gasteiger partial charge in [-0.2, -0.15) is 0 Å². The summed E-state index contributed by atoms with van der Waals surface area (Å²) in [5.74, 6) is 1.80. The van der Waals surface area contributed by atoms with Gasteiger partial charge in [-0.3, -0.25) is 0 Å². The second-order valence-electron chi connectivity index (χ2n) is 5.73. The molecular weight excluding hydrogens is 458 g/mol. The van der Waals surface area contributed by atoms with Crippen molar-refractivity contribution < 1.29 is 0 Å². The molecule has 1 aliphatic carbocycles. The van der Waals surface area contributed by atoms with E-state index in [0.29, 0.717) is 17.8 Å². The van der Waals surface area contributed by atoms with Crippen molar-refractivity contribution in [3.63, 3.8) is 0 Å². The zero-order valence-electron chi connectivity index (χ0n) is 12.5. The lowest BCUT2D eigenvalue weighted by molar-refractivity contribution is 0.326. The fourth-order valence-corrected chi connectivity index (χ4v) is 4.07. The smallest absolute Gasteiger partial charge is 0.00870 e. The van der Waals surface area contributed by atoms with Gasteiger partial charge in [0.15, 0.2) is 0 Å². The van der Waals surface area contributed by atoms with Gasteiger partial charge in [0.1, 0.15) is 0 Å². The van der Waals surface area contributed by atoms with Crippen LogP contribution in [0.25, 0.3) is 0 Å².